The molecule has 2 unspecified atom stereocenters. The smallest absolute Gasteiger partial charge is 0.307 e. The number of carboxylic acid groups (broad SMARTS) is 1. The van der Waals surface area contributed by atoms with E-state index in [0.29, 0.717) is 22.8 Å². The molecule has 1 aromatic rings. The number of hydrogen-bond acceptors (Lipinski definition) is 7. The maximum Gasteiger partial charge on any atom is 0.307 e. The van der Waals surface area contributed by atoms with E-state index in [9.17, 15) is 14.4 Å². The fraction of sp³-hybridized carbons (Fsp3) is 0.520. The lowest BCUT2D eigenvalue weighted by Crippen LogP contribution is -2.43. The average Bonchev–Trinajstić information content (AvgIpc) is 3.16. The highest BCUT2D eigenvalue weighted by Gasteiger charge is 2.40. The normalized spacial score (nSPS) is 17.5. The summed E-state index contributed by atoms with van der Waals surface area (Å²) in [6.07, 6.45) is 4.35. The van der Waals surface area contributed by atoms with Gasteiger partial charge in [0, 0.05) is 37.2 Å². The number of carbonyl (C=O) groups excluding carboxylic acids is 3. The van der Waals surface area contributed by atoms with Gasteiger partial charge in [-0.05, 0) is 25.5 Å². The highest BCUT2D eigenvalue weighted by Crippen LogP contribution is 2.32. The van der Waals surface area contributed by atoms with Gasteiger partial charge in [-0.2, -0.15) is 4.99 Å². The number of nitrogens with zero attached hydrogens (tertiary/aromatic N) is 2. The summed E-state index contributed by atoms with van der Waals surface area (Å²) in [5, 5.41) is 17.7. The number of nitrogens with one attached hydrogen (secondary N) is 2. The lowest BCUT2D eigenvalue weighted by atomic mass is 10.1. The van der Waals surface area contributed by atoms with Crippen molar-refractivity contribution in [2.75, 3.05) is 20.2 Å². The number of amidine groups is 2. The van der Waals surface area contributed by atoms with E-state index in [0.717, 1.165) is 32.6 Å². The third-order valence-electron chi connectivity index (χ3n) is 5.41. The number of benzene rings is 1. The molecule has 0 spiro atoms. The molecule has 1 aromatic carbocycles. The maximum absolute atomic E-state index is 12.8. The maximum atomic E-state index is 12.8. The monoisotopic (exact) mass is 535 g/mol. The standard InChI is InChI=1S/C23H33N5O4S.C2H4O2/c1-4-5-6-7-14-28-15(2)19(22(31)26-13-12-18(29)32-3)33-23(28)27-21(30)17-10-8-16(9-11-17)20(24)25;1-2(3)4/h8-11,15,19H,4-7,12-14H2,1-3H3,(H3,24,25)(H,26,31);1H3,(H,3,4). The minimum atomic E-state index is -0.833. The van der Waals surface area contributed by atoms with Gasteiger partial charge in [0.2, 0.25) is 5.91 Å². The van der Waals surface area contributed by atoms with E-state index in [4.69, 9.17) is 21.0 Å². The van der Waals surface area contributed by atoms with Crippen LogP contribution in [0.1, 0.15) is 68.8 Å². The number of carbonyl (C=O) groups is 4. The van der Waals surface area contributed by atoms with Gasteiger partial charge in [0.15, 0.2) is 5.17 Å². The topological polar surface area (TPSA) is 175 Å². The van der Waals surface area contributed by atoms with Crippen LogP contribution in [0.3, 0.4) is 0 Å². The highest BCUT2D eigenvalue weighted by atomic mass is 32.2. The van der Waals surface area contributed by atoms with E-state index >= 15 is 0 Å². The zero-order chi connectivity index (χ0) is 28.0. The lowest BCUT2D eigenvalue weighted by Gasteiger charge is -2.25. The molecule has 0 saturated carbocycles. The summed E-state index contributed by atoms with van der Waals surface area (Å²) in [6.45, 7) is 6.08. The first-order chi connectivity index (χ1) is 17.5. The van der Waals surface area contributed by atoms with Gasteiger partial charge in [-0.25, -0.2) is 0 Å². The summed E-state index contributed by atoms with van der Waals surface area (Å²) in [5.74, 6) is -1.90. The molecule has 1 heterocycles. The van der Waals surface area contributed by atoms with Gasteiger partial charge in [0.25, 0.3) is 11.9 Å². The first kappa shape index (κ1) is 31.6. The number of thioether (sulfide) groups is 1. The number of aliphatic imine (C=N–C) groups is 1. The second-order valence-corrected chi connectivity index (χ2v) is 9.47. The van der Waals surface area contributed by atoms with Crippen molar-refractivity contribution >= 4 is 46.5 Å². The molecule has 2 rings (SSSR count). The van der Waals surface area contributed by atoms with Gasteiger partial charge in [-0.3, -0.25) is 24.6 Å². The van der Waals surface area contributed by atoms with Crippen LogP contribution in [-0.4, -0.2) is 76.3 Å². The second-order valence-electron chi connectivity index (χ2n) is 8.36. The third-order valence-corrected chi connectivity index (χ3v) is 6.81. The minimum Gasteiger partial charge on any atom is -0.481 e. The summed E-state index contributed by atoms with van der Waals surface area (Å²) in [7, 11) is 1.31. The van der Waals surface area contributed by atoms with Crippen LogP contribution in [0.2, 0.25) is 0 Å². The quantitative estimate of drug-likeness (QED) is 0.144. The van der Waals surface area contributed by atoms with Crippen molar-refractivity contribution in [2.24, 2.45) is 10.7 Å². The Morgan fingerprint density at radius 2 is 1.76 bits per heavy atom. The van der Waals surface area contributed by atoms with E-state index in [-0.39, 0.29) is 36.7 Å². The van der Waals surface area contributed by atoms with Crippen LogP contribution in [0, 0.1) is 5.41 Å². The van der Waals surface area contributed by atoms with Crippen LogP contribution < -0.4 is 11.1 Å². The Labute approximate surface area is 221 Å². The Morgan fingerprint density at radius 1 is 1.16 bits per heavy atom. The number of aliphatic carboxylic acids is 1. The molecule has 37 heavy (non-hydrogen) atoms. The molecule has 1 aliphatic heterocycles. The SMILES string of the molecule is CC(=O)O.CCCCCCN1C(=NC(=O)c2ccc(C(=N)N)cc2)SC(C(=O)NCCC(=O)OC)C1C. The number of methoxy groups -OCH3 is 1. The molecule has 204 valence electrons. The Balaban J connectivity index is 0.00000159. The van der Waals surface area contributed by atoms with Crippen molar-refractivity contribution in [1.82, 2.24) is 10.2 Å². The van der Waals surface area contributed by atoms with Gasteiger partial charge in [0.1, 0.15) is 11.1 Å². The van der Waals surface area contributed by atoms with E-state index in [1.54, 1.807) is 24.3 Å². The molecular formula is C25H37N5O6S. The van der Waals surface area contributed by atoms with Crippen LogP contribution >= 0.6 is 11.8 Å². The van der Waals surface area contributed by atoms with Crippen LogP contribution in [0.15, 0.2) is 29.3 Å². The molecule has 5 N–H and O–H groups in total. The summed E-state index contributed by atoms with van der Waals surface area (Å²) < 4.78 is 4.60. The summed E-state index contributed by atoms with van der Waals surface area (Å²) in [4.78, 5) is 52.2. The number of ether oxygens (including phenoxy) is 1. The largest absolute Gasteiger partial charge is 0.481 e. The molecule has 0 aromatic heterocycles. The summed E-state index contributed by atoms with van der Waals surface area (Å²) >= 11 is 1.27. The van der Waals surface area contributed by atoms with Crippen LogP contribution in [0.5, 0.6) is 0 Å². The molecule has 0 bridgehead atoms. The first-order valence-corrected chi connectivity index (χ1v) is 12.9. The van der Waals surface area contributed by atoms with Gasteiger partial charge in [-0.15, -0.1) is 0 Å². The van der Waals surface area contributed by atoms with Crippen molar-refractivity contribution < 1.29 is 29.0 Å². The zero-order valence-electron chi connectivity index (χ0n) is 21.8. The highest BCUT2D eigenvalue weighted by molar-refractivity contribution is 8.15. The molecule has 1 aliphatic rings. The summed E-state index contributed by atoms with van der Waals surface area (Å²) in [6, 6.07) is 6.26. The number of hydrogen-bond donors (Lipinski definition) is 4. The van der Waals surface area contributed by atoms with Gasteiger partial charge in [-0.1, -0.05) is 50.1 Å². The molecule has 1 saturated heterocycles. The number of carboxylic acids is 1. The zero-order valence-corrected chi connectivity index (χ0v) is 22.6. The van der Waals surface area contributed by atoms with Crippen LogP contribution in [-0.2, 0) is 19.1 Å². The Morgan fingerprint density at radius 3 is 2.30 bits per heavy atom. The van der Waals surface area contributed by atoms with Crippen molar-refractivity contribution in [3.05, 3.63) is 35.4 Å². The Kier molecular flexibility index (Phi) is 14.0. The number of rotatable bonds is 11. The van der Waals surface area contributed by atoms with E-state index < -0.39 is 17.1 Å². The number of esters is 1. The van der Waals surface area contributed by atoms with E-state index in [1.807, 2.05) is 11.8 Å². The number of nitrogen functional groups attached to an aromatic ring is 1. The van der Waals surface area contributed by atoms with Gasteiger partial charge < -0.3 is 25.8 Å². The lowest BCUT2D eigenvalue weighted by molar-refractivity contribution is -0.140. The average molecular weight is 536 g/mol. The number of nitrogens with two attached hydrogens (primary N) is 1. The molecule has 1 fully saturated rings. The number of amides is 2. The van der Waals surface area contributed by atoms with E-state index in [1.165, 1.54) is 18.9 Å². The predicted octanol–water partition coefficient (Wildman–Crippen LogP) is 2.62. The van der Waals surface area contributed by atoms with E-state index in [2.05, 4.69) is 22.0 Å². The molecule has 2 amide bonds. The van der Waals surface area contributed by atoms with Gasteiger partial charge >= 0.3 is 5.97 Å². The second kappa shape index (κ2) is 16.4. The molecule has 0 aliphatic carbocycles. The van der Waals surface area contributed by atoms with Crippen LogP contribution in [0.25, 0.3) is 0 Å². The molecular weight excluding hydrogens is 498 g/mol. The fourth-order valence-electron chi connectivity index (χ4n) is 3.42. The summed E-state index contributed by atoms with van der Waals surface area (Å²) in [5.41, 5.74) is 6.39. The van der Waals surface area contributed by atoms with Crippen LogP contribution in [0.4, 0.5) is 0 Å². The third kappa shape index (κ3) is 11.0. The van der Waals surface area contributed by atoms with Gasteiger partial charge in [0.05, 0.1) is 13.5 Å². The Hall–Kier alpha value is -3.41. The Bertz CT molecular complexity index is 978. The van der Waals surface area contributed by atoms with Crippen molar-refractivity contribution in [1.29, 1.82) is 5.41 Å². The van der Waals surface area contributed by atoms with Crippen molar-refractivity contribution in [3.8, 4) is 0 Å². The van der Waals surface area contributed by atoms with Crippen molar-refractivity contribution in [2.45, 2.75) is 64.2 Å². The molecule has 11 nitrogen and oxygen atoms in total. The predicted molar refractivity (Wildman–Crippen MR) is 144 cm³/mol. The first-order valence-electron chi connectivity index (χ1n) is 12.1. The molecule has 2 atom stereocenters. The fourth-order valence-corrected chi connectivity index (χ4v) is 4.71. The molecule has 0 radical (unpaired) electrons. The van der Waals surface area contributed by atoms with Crippen molar-refractivity contribution in [3.63, 3.8) is 0 Å². The number of unbranched alkanes of at least 4 members (excludes halogenated alkanes) is 3. The minimum absolute atomic E-state index is 0.0696. The molecule has 12 heteroatoms.